The van der Waals surface area contributed by atoms with Crippen molar-refractivity contribution in [2.75, 3.05) is 37.8 Å². The van der Waals surface area contributed by atoms with Gasteiger partial charge in [-0.3, -0.25) is 9.20 Å². The number of rotatable bonds is 8. The Morgan fingerprint density at radius 2 is 1.89 bits per heavy atom. The highest BCUT2D eigenvalue weighted by Gasteiger charge is 2.22. The molecule has 0 N–H and O–H groups in total. The fraction of sp³-hybridized carbons (Fsp3) is 0.360. The number of benzene rings is 1. The number of unbranched alkanes of at least 4 members (excludes halogenated alkanes) is 1. The van der Waals surface area contributed by atoms with E-state index >= 15 is 0 Å². The predicted molar refractivity (Wildman–Crippen MR) is 127 cm³/mol. The second-order valence-corrected chi connectivity index (χ2v) is 8.33. The van der Waals surface area contributed by atoms with Crippen LogP contribution in [0.3, 0.4) is 0 Å². The third-order valence-electron chi connectivity index (χ3n) is 5.83. The molecule has 35 heavy (non-hydrogen) atoms. The van der Waals surface area contributed by atoms with Crippen molar-refractivity contribution in [3.8, 4) is 17.3 Å². The summed E-state index contributed by atoms with van der Waals surface area (Å²) in [5.41, 5.74) is 2.07. The highest BCUT2D eigenvalue weighted by atomic mass is 19.1. The molecule has 3 aromatic heterocycles. The number of hydrogen-bond donors (Lipinski definition) is 0. The van der Waals surface area contributed by atoms with Gasteiger partial charge in [0, 0.05) is 25.7 Å². The molecular weight excluding hydrogens is 453 g/mol. The van der Waals surface area contributed by atoms with Gasteiger partial charge in [0.2, 0.25) is 5.75 Å². The summed E-state index contributed by atoms with van der Waals surface area (Å²) in [5.74, 6) is 0.266. The molecule has 10 heteroatoms. The molecule has 0 saturated carbocycles. The molecule has 182 valence electrons. The largest absolute Gasteiger partial charge is 0.486 e. The number of morpholine rings is 1. The van der Waals surface area contributed by atoms with E-state index in [1.807, 2.05) is 13.0 Å². The van der Waals surface area contributed by atoms with Crippen LogP contribution in [0.15, 0.2) is 51.9 Å². The SMILES string of the molecule is CCCCOc1c(-c2nc(Cc3ccc(F)cc3)no2)nc2ccc(N3CCOCC3)cn2c1=O. The normalized spacial score (nSPS) is 13.9. The van der Waals surface area contributed by atoms with Crippen LogP contribution >= 0.6 is 0 Å². The molecule has 1 aromatic carbocycles. The van der Waals surface area contributed by atoms with Crippen LogP contribution < -0.4 is 15.2 Å². The first-order valence-corrected chi connectivity index (χ1v) is 11.7. The lowest BCUT2D eigenvalue weighted by atomic mass is 10.1. The third-order valence-corrected chi connectivity index (χ3v) is 5.83. The van der Waals surface area contributed by atoms with Crippen molar-refractivity contribution in [1.29, 1.82) is 0 Å². The Kier molecular flexibility index (Phi) is 6.71. The van der Waals surface area contributed by atoms with Gasteiger partial charge in [0.05, 0.1) is 25.5 Å². The summed E-state index contributed by atoms with van der Waals surface area (Å²) in [6.45, 7) is 5.21. The number of halogens is 1. The van der Waals surface area contributed by atoms with Crippen molar-refractivity contribution in [3.05, 3.63) is 70.2 Å². The third kappa shape index (κ3) is 5.02. The molecule has 0 aliphatic carbocycles. The van der Waals surface area contributed by atoms with Crippen LogP contribution in [0.1, 0.15) is 31.2 Å². The van der Waals surface area contributed by atoms with E-state index in [-0.39, 0.29) is 28.7 Å². The first kappa shape index (κ1) is 23.0. The van der Waals surface area contributed by atoms with Crippen molar-refractivity contribution in [2.24, 2.45) is 0 Å². The van der Waals surface area contributed by atoms with Gasteiger partial charge in [-0.25, -0.2) is 9.37 Å². The molecule has 1 saturated heterocycles. The molecule has 0 unspecified atom stereocenters. The van der Waals surface area contributed by atoms with Gasteiger partial charge in [0.25, 0.3) is 5.89 Å². The van der Waals surface area contributed by atoms with Gasteiger partial charge in [-0.05, 0) is 36.2 Å². The monoisotopic (exact) mass is 479 g/mol. The van der Waals surface area contributed by atoms with Crippen LogP contribution in [0.4, 0.5) is 10.1 Å². The summed E-state index contributed by atoms with van der Waals surface area (Å²) in [7, 11) is 0. The first-order chi connectivity index (χ1) is 17.1. The maximum absolute atomic E-state index is 13.5. The number of anilines is 1. The maximum atomic E-state index is 13.5. The van der Waals surface area contributed by atoms with Gasteiger partial charge in [-0.2, -0.15) is 4.98 Å². The summed E-state index contributed by atoms with van der Waals surface area (Å²) < 4.78 is 31.5. The molecule has 1 aliphatic heterocycles. The fourth-order valence-corrected chi connectivity index (χ4v) is 3.92. The van der Waals surface area contributed by atoms with Crippen LogP contribution in [-0.2, 0) is 11.2 Å². The van der Waals surface area contributed by atoms with Crippen LogP contribution in [0.5, 0.6) is 5.75 Å². The standard InChI is InChI=1S/C25H26FN5O4/c1-2-3-12-34-23-22(24-27-20(29-35-24)15-17-4-6-18(26)7-5-17)28-21-9-8-19(16-31(21)25(23)32)30-10-13-33-14-11-30/h4-9,16H,2-3,10-15H2,1H3. The second kappa shape index (κ2) is 10.2. The van der Waals surface area contributed by atoms with Gasteiger partial charge in [0.15, 0.2) is 11.5 Å². The lowest BCUT2D eigenvalue weighted by Gasteiger charge is -2.28. The first-order valence-electron chi connectivity index (χ1n) is 11.7. The lowest BCUT2D eigenvalue weighted by molar-refractivity contribution is 0.122. The van der Waals surface area contributed by atoms with Crippen LogP contribution in [0.25, 0.3) is 17.2 Å². The molecule has 0 radical (unpaired) electrons. The Labute approximate surface area is 201 Å². The smallest absolute Gasteiger partial charge is 0.301 e. The van der Waals surface area contributed by atoms with E-state index < -0.39 is 0 Å². The topological polar surface area (TPSA) is 95.0 Å². The summed E-state index contributed by atoms with van der Waals surface area (Å²) in [4.78, 5) is 24.8. The number of hydrogen-bond acceptors (Lipinski definition) is 8. The molecule has 1 fully saturated rings. The van der Waals surface area contributed by atoms with E-state index in [9.17, 15) is 9.18 Å². The minimum absolute atomic E-state index is 0.0760. The molecule has 9 nitrogen and oxygen atoms in total. The summed E-state index contributed by atoms with van der Waals surface area (Å²) in [5, 5.41) is 4.03. The highest BCUT2D eigenvalue weighted by molar-refractivity contribution is 5.62. The zero-order valence-electron chi connectivity index (χ0n) is 19.4. The summed E-state index contributed by atoms with van der Waals surface area (Å²) in [6.07, 6.45) is 3.84. The molecule has 5 rings (SSSR count). The van der Waals surface area contributed by atoms with E-state index in [0.717, 1.165) is 37.2 Å². The van der Waals surface area contributed by atoms with E-state index in [1.165, 1.54) is 16.5 Å². The van der Waals surface area contributed by atoms with E-state index in [0.29, 0.717) is 37.7 Å². The number of aromatic nitrogens is 4. The van der Waals surface area contributed by atoms with Gasteiger partial charge in [-0.15, -0.1) is 0 Å². The van der Waals surface area contributed by atoms with Crippen LogP contribution in [-0.4, -0.2) is 52.4 Å². The van der Waals surface area contributed by atoms with Crippen LogP contribution in [0, 0.1) is 5.82 Å². The quantitative estimate of drug-likeness (QED) is 0.355. The number of ether oxygens (including phenoxy) is 2. The van der Waals surface area contributed by atoms with E-state index in [2.05, 4.69) is 20.0 Å². The molecular formula is C25H26FN5O4. The minimum Gasteiger partial charge on any atom is -0.486 e. The van der Waals surface area contributed by atoms with Gasteiger partial charge >= 0.3 is 5.56 Å². The van der Waals surface area contributed by atoms with Crippen molar-refractivity contribution < 1.29 is 18.4 Å². The molecule has 1 aliphatic rings. The maximum Gasteiger partial charge on any atom is 0.301 e. The molecule has 0 spiro atoms. The van der Waals surface area contributed by atoms with Gasteiger partial charge < -0.3 is 18.9 Å². The molecule has 0 bridgehead atoms. The average molecular weight is 480 g/mol. The molecule has 0 amide bonds. The molecule has 0 atom stereocenters. The van der Waals surface area contributed by atoms with Crippen molar-refractivity contribution in [2.45, 2.75) is 26.2 Å². The van der Waals surface area contributed by atoms with E-state index in [1.54, 1.807) is 24.4 Å². The highest BCUT2D eigenvalue weighted by Crippen LogP contribution is 2.26. The predicted octanol–water partition coefficient (Wildman–Crippen LogP) is 3.49. The molecule has 4 heterocycles. The van der Waals surface area contributed by atoms with Gasteiger partial charge in [-0.1, -0.05) is 30.6 Å². The summed E-state index contributed by atoms with van der Waals surface area (Å²) in [6, 6.07) is 9.82. The summed E-state index contributed by atoms with van der Waals surface area (Å²) >= 11 is 0. The average Bonchev–Trinajstić information content (AvgIpc) is 3.35. The number of nitrogens with zero attached hydrogens (tertiary/aromatic N) is 5. The van der Waals surface area contributed by atoms with E-state index in [4.69, 9.17) is 14.0 Å². The zero-order valence-corrected chi connectivity index (χ0v) is 19.4. The van der Waals surface area contributed by atoms with Crippen molar-refractivity contribution in [3.63, 3.8) is 0 Å². The van der Waals surface area contributed by atoms with Crippen molar-refractivity contribution >= 4 is 11.3 Å². The number of fused-ring (bicyclic) bond motifs is 1. The van der Waals surface area contributed by atoms with Gasteiger partial charge in [0.1, 0.15) is 11.5 Å². The fourth-order valence-electron chi connectivity index (χ4n) is 3.92. The lowest BCUT2D eigenvalue weighted by Crippen LogP contribution is -2.36. The zero-order chi connectivity index (χ0) is 24.2. The van der Waals surface area contributed by atoms with Crippen LogP contribution in [0.2, 0.25) is 0 Å². The Hall–Kier alpha value is -3.79. The van der Waals surface area contributed by atoms with Crippen molar-refractivity contribution in [1.82, 2.24) is 19.5 Å². The Bertz CT molecular complexity index is 1360. The Balaban J connectivity index is 1.52. The second-order valence-electron chi connectivity index (χ2n) is 8.33. The number of pyridine rings is 1. The Morgan fingerprint density at radius 3 is 2.66 bits per heavy atom. The Morgan fingerprint density at radius 1 is 1.09 bits per heavy atom. The minimum atomic E-state index is -0.338. The molecule has 4 aromatic rings.